The number of imide groups is 2. The van der Waals surface area contributed by atoms with Gasteiger partial charge >= 0.3 is 6.18 Å². The molecule has 3 N–H and O–H groups in total. The number of fused-ring (bicyclic) bond motifs is 1. The molecule has 3 saturated heterocycles. The number of hydrogen-bond donors (Lipinski definition) is 3. The van der Waals surface area contributed by atoms with E-state index in [4.69, 9.17) is 0 Å². The first-order valence-corrected chi connectivity index (χ1v) is 22.2. The minimum Gasteiger partial charge on any atom is -0.369 e. The molecule has 23 heteroatoms. The Morgan fingerprint density at radius 3 is 2.33 bits per heavy atom. The van der Waals surface area contributed by atoms with Crippen LogP contribution in [0.1, 0.15) is 68.0 Å². The zero-order chi connectivity index (χ0) is 45.5. The second-order valence-electron chi connectivity index (χ2n) is 15.8. The standard InChI is InChI=1S/C41H43F3N12O7S/c1-52(64(2,62)63)35-31(45-12-13-46-35)23-47-34-30(41(42,43)44)22-48-40(51-34)49-25-5-3-4-24(20-25)37(59)55-14-10-26(11-15-55)53-16-18-54(19-17-53)27-6-7-28-29(21-27)39(61)56(38(28)60)32-8-9-33(57)50-36(32)58/h3-7,12-13,20-22,26,32H,8-11,14-19,23H2,1-2H3,(H,50,57,58)(H2,47,48,49,51). The van der Waals surface area contributed by atoms with Gasteiger partial charge in [0.1, 0.15) is 23.1 Å². The van der Waals surface area contributed by atoms with Gasteiger partial charge < -0.3 is 20.4 Å². The van der Waals surface area contributed by atoms with E-state index in [1.54, 1.807) is 47.4 Å². The Morgan fingerprint density at radius 1 is 0.906 bits per heavy atom. The summed E-state index contributed by atoms with van der Waals surface area (Å²) < 4.78 is 67.2. The molecular formula is C41H43F3N12O7S. The van der Waals surface area contributed by atoms with Crippen molar-refractivity contribution in [2.75, 3.05) is 72.4 Å². The van der Waals surface area contributed by atoms with Crippen LogP contribution in [0, 0.1) is 0 Å². The number of hydrogen-bond acceptors (Lipinski definition) is 15. The summed E-state index contributed by atoms with van der Waals surface area (Å²) in [4.78, 5) is 87.6. The van der Waals surface area contributed by atoms with Gasteiger partial charge in [-0.2, -0.15) is 18.2 Å². The van der Waals surface area contributed by atoms with Gasteiger partial charge in [0.25, 0.3) is 17.7 Å². The predicted molar refractivity (Wildman–Crippen MR) is 225 cm³/mol. The molecule has 0 aliphatic carbocycles. The Morgan fingerprint density at radius 2 is 1.62 bits per heavy atom. The van der Waals surface area contributed by atoms with Crippen molar-refractivity contribution in [3.05, 3.63) is 89.0 Å². The molecule has 4 aliphatic rings. The molecule has 64 heavy (non-hydrogen) atoms. The number of piperazine rings is 1. The van der Waals surface area contributed by atoms with Crippen molar-refractivity contribution in [2.45, 2.75) is 50.5 Å². The van der Waals surface area contributed by atoms with Crippen LogP contribution in [0.4, 0.5) is 42.1 Å². The number of benzene rings is 2. The van der Waals surface area contributed by atoms with E-state index >= 15 is 0 Å². The smallest absolute Gasteiger partial charge is 0.369 e. The molecule has 19 nitrogen and oxygen atoms in total. The Hall–Kier alpha value is -6.75. The summed E-state index contributed by atoms with van der Waals surface area (Å²) in [5, 5.41) is 7.69. The summed E-state index contributed by atoms with van der Waals surface area (Å²) in [5.74, 6) is -3.24. The maximum Gasteiger partial charge on any atom is 0.421 e. The monoisotopic (exact) mass is 904 g/mol. The first-order valence-electron chi connectivity index (χ1n) is 20.4. The number of rotatable bonds is 11. The van der Waals surface area contributed by atoms with Gasteiger partial charge in [0.2, 0.25) is 27.8 Å². The third kappa shape index (κ3) is 9.02. The summed E-state index contributed by atoms with van der Waals surface area (Å²) >= 11 is 0. The minimum absolute atomic E-state index is 0.0443. The summed E-state index contributed by atoms with van der Waals surface area (Å²) in [6, 6.07) is 10.8. The average Bonchev–Trinajstić information content (AvgIpc) is 3.52. The lowest BCUT2D eigenvalue weighted by atomic mass is 10.0. The Bertz CT molecular complexity index is 2640. The maximum atomic E-state index is 14.0. The number of nitrogens with zero attached hydrogens (tertiary/aromatic N) is 9. The number of alkyl halides is 3. The molecule has 0 radical (unpaired) electrons. The zero-order valence-electron chi connectivity index (χ0n) is 34.6. The highest BCUT2D eigenvalue weighted by atomic mass is 32.2. The molecule has 0 bridgehead atoms. The summed E-state index contributed by atoms with van der Waals surface area (Å²) in [6.07, 6.45) is 0.907. The Labute approximate surface area is 365 Å². The van der Waals surface area contributed by atoms with Crippen LogP contribution in [0.25, 0.3) is 0 Å². The molecule has 336 valence electrons. The van der Waals surface area contributed by atoms with Crippen molar-refractivity contribution >= 4 is 68.5 Å². The van der Waals surface area contributed by atoms with Crippen LogP contribution >= 0.6 is 0 Å². The number of halogens is 3. The number of nitrogens with one attached hydrogen (secondary N) is 3. The number of likely N-dealkylation sites (tertiary alicyclic amines) is 1. The van der Waals surface area contributed by atoms with E-state index in [-0.39, 0.29) is 59.9 Å². The van der Waals surface area contributed by atoms with E-state index in [0.29, 0.717) is 43.6 Å². The molecular weight excluding hydrogens is 862 g/mol. The van der Waals surface area contributed by atoms with Crippen molar-refractivity contribution < 1.29 is 45.6 Å². The zero-order valence-corrected chi connectivity index (χ0v) is 35.4. The number of carbonyl (C=O) groups excluding carboxylic acids is 5. The largest absolute Gasteiger partial charge is 0.421 e. The molecule has 2 aromatic carbocycles. The molecule has 0 saturated carbocycles. The Kier molecular flexibility index (Phi) is 12.0. The number of carbonyl (C=O) groups is 5. The number of aromatic nitrogens is 4. The number of amides is 5. The highest BCUT2D eigenvalue weighted by molar-refractivity contribution is 7.92. The normalized spacial score (nSPS) is 18.8. The first-order chi connectivity index (χ1) is 30.5. The van der Waals surface area contributed by atoms with Crippen LogP contribution in [-0.4, -0.2) is 137 Å². The van der Waals surface area contributed by atoms with Crippen LogP contribution in [-0.2, 0) is 32.3 Å². The third-order valence-corrected chi connectivity index (χ3v) is 13.0. The summed E-state index contributed by atoms with van der Waals surface area (Å²) in [5.41, 5.74) is 0.874. The van der Waals surface area contributed by atoms with E-state index in [1.807, 2.05) is 0 Å². The lowest BCUT2D eigenvalue weighted by Gasteiger charge is -2.43. The van der Waals surface area contributed by atoms with Gasteiger partial charge in [0.05, 0.1) is 23.9 Å². The van der Waals surface area contributed by atoms with E-state index in [1.165, 1.54) is 19.4 Å². The fourth-order valence-electron chi connectivity index (χ4n) is 8.33. The van der Waals surface area contributed by atoms with Crippen LogP contribution in [0.2, 0.25) is 0 Å². The molecule has 2 aromatic heterocycles. The van der Waals surface area contributed by atoms with Crippen LogP contribution < -0.4 is 25.2 Å². The first kappa shape index (κ1) is 43.9. The highest BCUT2D eigenvalue weighted by Gasteiger charge is 2.45. The molecule has 6 heterocycles. The molecule has 4 aliphatic heterocycles. The second-order valence-corrected chi connectivity index (χ2v) is 17.8. The second kappa shape index (κ2) is 17.4. The molecule has 4 aromatic rings. The molecule has 1 atom stereocenters. The van der Waals surface area contributed by atoms with Gasteiger partial charge in [-0.15, -0.1) is 0 Å². The number of sulfonamides is 1. The number of piperidine rings is 2. The van der Waals surface area contributed by atoms with Crippen molar-refractivity contribution in [1.29, 1.82) is 0 Å². The van der Waals surface area contributed by atoms with E-state index in [9.17, 15) is 45.6 Å². The quantitative estimate of drug-likeness (QED) is 0.184. The Balaban J connectivity index is 0.855. The van der Waals surface area contributed by atoms with Gasteiger partial charge in [0, 0.05) is 94.3 Å². The fraction of sp³-hybridized carbons (Fsp3) is 0.390. The van der Waals surface area contributed by atoms with Crippen LogP contribution in [0.5, 0.6) is 0 Å². The SMILES string of the molecule is CN(c1nccnc1CNc1nc(Nc2cccc(C(=O)N3CCC(N4CCN(c5ccc6c(c5)C(=O)N(C5CCC(=O)NC5=O)C6=O)CC4)CC3)c2)ncc1C(F)(F)F)S(C)(=O)=O. The van der Waals surface area contributed by atoms with Crippen molar-refractivity contribution in [3.63, 3.8) is 0 Å². The lowest BCUT2D eigenvalue weighted by Crippen LogP contribution is -2.54. The van der Waals surface area contributed by atoms with Gasteiger partial charge in [0.15, 0.2) is 5.82 Å². The average molecular weight is 905 g/mol. The minimum atomic E-state index is -4.83. The molecule has 1 unspecified atom stereocenters. The van der Waals surface area contributed by atoms with Crippen molar-refractivity contribution in [2.24, 2.45) is 0 Å². The summed E-state index contributed by atoms with van der Waals surface area (Å²) in [6.45, 7) is 3.49. The topological polar surface area (TPSA) is 223 Å². The fourth-order valence-corrected chi connectivity index (χ4v) is 8.80. The van der Waals surface area contributed by atoms with E-state index < -0.39 is 57.3 Å². The van der Waals surface area contributed by atoms with Crippen molar-refractivity contribution in [3.8, 4) is 0 Å². The molecule has 3 fully saturated rings. The predicted octanol–water partition coefficient (Wildman–Crippen LogP) is 2.86. The highest BCUT2D eigenvalue weighted by Crippen LogP contribution is 2.35. The van der Waals surface area contributed by atoms with Gasteiger partial charge in [-0.3, -0.25) is 48.4 Å². The van der Waals surface area contributed by atoms with Crippen molar-refractivity contribution in [1.82, 2.24) is 40.0 Å². The molecule has 5 amide bonds. The van der Waals surface area contributed by atoms with Crippen LogP contribution in [0.15, 0.2) is 61.1 Å². The molecule has 8 rings (SSSR count). The molecule has 0 spiro atoms. The lowest BCUT2D eigenvalue weighted by molar-refractivity contribution is -0.138. The van der Waals surface area contributed by atoms with Gasteiger partial charge in [-0.05, 0) is 55.7 Å². The third-order valence-electron chi connectivity index (χ3n) is 11.8. The van der Waals surface area contributed by atoms with Gasteiger partial charge in [-0.25, -0.2) is 18.4 Å². The van der Waals surface area contributed by atoms with Gasteiger partial charge in [-0.1, -0.05) is 6.07 Å². The van der Waals surface area contributed by atoms with E-state index in [0.717, 1.165) is 47.1 Å². The van der Waals surface area contributed by atoms with E-state index in [2.05, 4.69) is 45.7 Å². The summed E-state index contributed by atoms with van der Waals surface area (Å²) in [7, 11) is -2.50. The maximum absolute atomic E-state index is 14.0. The number of anilines is 5. The van der Waals surface area contributed by atoms with Crippen LogP contribution in [0.3, 0.4) is 0 Å².